The SMILES string of the molecule is CC(C)[C@H](O)c1nc2ccccc2c(=O)[nH]1. The summed E-state index contributed by atoms with van der Waals surface area (Å²) in [5, 5.41) is 10.4. The first-order valence-corrected chi connectivity index (χ1v) is 5.26. The van der Waals surface area contributed by atoms with E-state index in [1.807, 2.05) is 19.9 Å². The van der Waals surface area contributed by atoms with Crippen molar-refractivity contribution in [3.05, 3.63) is 40.4 Å². The molecule has 0 radical (unpaired) electrons. The molecule has 0 spiro atoms. The summed E-state index contributed by atoms with van der Waals surface area (Å²) >= 11 is 0. The molecule has 2 aromatic rings. The number of fused-ring (bicyclic) bond motifs is 1. The van der Waals surface area contributed by atoms with Gasteiger partial charge in [-0.3, -0.25) is 4.79 Å². The molecule has 1 atom stereocenters. The molecule has 0 fully saturated rings. The van der Waals surface area contributed by atoms with Crippen molar-refractivity contribution in [2.24, 2.45) is 5.92 Å². The maximum Gasteiger partial charge on any atom is 0.258 e. The Labute approximate surface area is 93.0 Å². The number of aromatic nitrogens is 2. The standard InChI is InChI=1S/C12H14N2O2/c1-7(2)10(15)11-13-9-6-4-3-5-8(9)12(16)14-11/h3-7,10,15H,1-2H3,(H,13,14,16)/t10-/m0/s1. The molecule has 1 aromatic heterocycles. The van der Waals surface area contributed by atoms with Crippen LogP contribution in [0.4, 0.5) is 0 Å². The highest BCUT2D eigenvalue weighted by Gasteiger charge is 2.15. The molecule has 2 rings (SSSR count). The molecule has 0 bridgehead atoms. The van der Waals surface area contributed by atoms with E-state index in [0.29, 0.717) is 16.7 Å². The van der Waals surface area contributed by atoms with Crippen LogP contribution in [0.5, 0.6) is 0 Å². The smallest absolute Gasteiger partial charge is 0.258 e. The van der Waals surface area contributed by atoms with Crippen LogP contribution < -0.4 is 5.56 Å². The van der Waals surface area contributed by atoms with Gasteiger partial charge in [-0.15, -0.1) is 0 Å². The number of nitrogens with one attached hydrogen (secondary N) is 1. The van der Waals surface area contributed by atoms with Crippen LogP contribution in [0, 0.1) is 5.92 Å². The van der Waals surface area contributed by atoms with Gasteiger partial charge in [0.1, 0.15) is 11.9 Å². The number of rotatable bonds is 2. The third kappa shape index (κ3) is 1.84. The van der Waals surface area contributed by atoms with E-state index >= 15 is 0 Å². The third-order valence-corrected chi connectivity index (χ3v) is 2.54. The van der Waals surface area contributed by atoms with E-state index in [9.17, 15) is 9.90 Å². The second-order valence-electron chi connectivity index (χ2n) is 4.16. The number of H-pyrrole nitrogens is 1. The van der Waals surface area contributed by atoms with Crippen molar-refractivity contribution >= 4 is 10.9 Å². The van der Waals surface area contributed by atoms with Crippen LogP contribution in [-0.2, 0) is 0 Å². The zero-order valence-electron chi connectivity index (χ0n) is 9.27. The van der Waals surface area contributed by atoms with E-state index < -0.39 is 6.10 Å². The molecule has 4 nitrogen and oxygen atoms in total. The van der Waals surface area contributed by atoms with Gasteiger partial charge in [-0.1, -0.05) is 26.0 Å². The Balaban J connectivity index is 2.63. The Morgan fingerprint density at radius 3 is 2.69 bits per heavy atom. The molecule has 84 valence electrons. The van der Waals surface area contributed by atoms with E-state index in [1.165, 1.54) is 0 Å². The van der Waals surface area contributed by atoms with Gasteiger partial charge in [0.15, 0.2) is 0 Å². The first-order chi connectivity index (χ1) is 7.59. The first kappa shape index (κ1) is 10.8. The number of para-hydroxylation sites is 1. The molecule has 2 N–H and O–H groups in total. The molecule has 0 saturated carbocycles. The van der Waals surface area contributed by atoms with Gasteiger partial charge in [0, 0.05) is 0 Å². The molecule has 0 amide bonds. The highest BCUT2D eigenvalue weighted by atomic mass is 16.3. The average molecular weight is 218 g/mol. The van der Waals surface area contributed by atoms with Gasteiger partial charge in [-0.05, 0) is 18.1 Å². The molecular weight excluding hydrogens is 204 g/mol. The summed E-state index contributed by atoms with van der Waals surface area (Å²) in [6.45, 7) is 3.75. The van der Waals surface area contributed by atoms with Crippen LogP contribution in [0.2, 0.25) is 0 Å². The number of hydrogen-bond donors (Lipinski definition) is 2. The van der Waals surface area contributed by atoms with Crippen LogP contribution in [0.1, 0.15) is 25.8 Å². The Hall–Kier alpha value is -1.68. The second kappa shape index (κ2) is 4.06. The quantitative estimate of drug-likeness (QED) is 0.804. The minimum atomic E-state index is -0.739. The topological polar surface area (TPSA) is 66.0 Å². The van der Waals surface area contributed by atoms with Gasteiger partial charge in [-0.2, -0.15) is 0 Å². The predicted octanol–water partition coefficient (Wildman–Crippen LogP) is 1.61. The van der Waals surface area contributed by atoms with Gasteiger partial charge in [0.2, 0.25) is 0 Å². The third-order valence-electron chi connectivity index (χ3n) is 2.54. The van der Waals surface area contributed by atoms with Gasteiger partial charge in [0.25, 0.3) is 5.56 Å². The van der Waals surface area contributed by atoms with Crippen molar-refractivity contribution in [1.29, 1.82) is 0 Å². The minimum Gasteiger partial charge on any atom is -0.385 e. The highest BCUT2D eigenvalue weighted by molar-refractivity contribution is 5.77. The maximum absolute atomic E-state index is 11.7. The lowest BCUT2D eigenvalue weighted by molar-refractivity contribution is 0.118. The largest absolute Gasteiger partial charge is 0.385 e. The molecular formula is C12H14N2O2. The number of benzene rings is 1. The monoisotopic (exact) mass is 218 g/mol. The van der Waals surface area contributed by atoms with Gasteiger partial charge in [0.05, 0.1) is 10.9 Å². The van der Waals surface area contributed by atoms with Gasteiger partial charge < -0.3 is 10.1 Å². The van der Waals surface area contributed by atoms with Crippen LogP contribution in [-0.4, -0.2) is 15.1 Å². The average Bonchev–Trinajstić information content (AvgIpc) is 2.28. The van der Waals surface area contributed by atoms with Crippen LogP contribution >= 0.6 is 0 Å². The Morgan fingerprint density at radius 1 is 1.31 bits per heavy atom. The minimum absolute atomic E-state index is 0.0179. The van der Waals surface area contributed by atoms with E-state index in [0.717, 1.165) is 0 Å². The van der Waals surface area contributed by atoms with Crippen molar-refractivity contribution in [1.82, 2.24) is 9.97 Å². The number of aromatic amines is 1. The van der Waals surface area contributed by atoms with E-state index in [4.69, 9.17) is 0 Å². The Bertz CT molecular complexity index is 560. The second-order valence-corrected chi connectivity index (χ2v) is 4.16. The lowest BCUT2D eigenvalue weighted by Gasteiger charge is -2.13. The zero-order valence-corrected chi connectivity index (χ0v) is 9.27. The molecule has 0 unspecified atom stereocenters. The Kier molecular flexibility index (Phi) is 2.75. The number of hydrogen-bond acceptors (Lipinski definition) is 3. The molecule has 1 aromatic carbocycles. The summed E-state index contributed by atoms with van der Waals surface area (Å²) < 4.78 is 0. The summed E-state index contributed by atoms with van der Waals surface area (Å²) in [6, 6.07) is 7.09. The van der Waals surface area contributed by atoms with Crippen molar-refractivity contribution in [2.45, 2.75) is 20.0 Å². The van der Waals surface area contributed by atoms with E-state index in [1.54, 1.807) is 18.2 Å². The molecule has 1 heterocycles. The normalized spacial score (nSPS) is 13.2. The van der Waals surface area contributed by atoms with Gasteiger partial charge in [-0.25, -0.2) is 4.98 Å². The number of nitrogens with zero attached hydrogens (tertiary/aromatic N) is 1. The molecule has 0 aliphatic heterocycles. The van der Waals surface area contributed by atoms with Crippen LogP contribution in [0.15, 0.2) is 29.1 Å². The van der Waals surface area contributed by atoms with Crippen LogP contribution in [0.25, 0.3) is 10.9 Å². The van der Waals surface area contributed by atoms with Crippen molar-refractivity contribution in [3.63, 3.8) is 0 Å². The molecule has 4 heteroatoms. The first-order valence-electron chi connectivity index (χ1n) is 5.26. The summed E-state index contributed by atoms with van der Waals surface area (Å²) in [5.41, 5.74) is 0.404. The molecule has 0 aliphatic rings. The molecule has 0 aliphatic carbocycles. The number of aliphatic hydroxyl groups excluding tert-OH is 1. The van der Waals surface area contributed by atoms with E-state index in [2.05, 4.69) is 9.97 Å². The molecule has 16 heavy (non-hydrogen) atoms. The van der Waals surface area contributed by atoms with Crippen LogP contribution in [0.3, 0.4) is 0 Å². The number of aliphatic hydroxyl groups is 1. The highest BCUT2D eigenvalue weighted by Crippen LogP contribution is 2.18. The fourth-order valence-electron chi connectivity index (χ4n) is 1.56. The lowest BCUT2D eigenvalue weighted by Crippen LogP contribution is -2.17. The fourth-order valence-corrected chi connectivity index (χ4v) is 1.56. The summed E-state index contributed by atoms with van der Waals surface area (Å²) in [4.78, 5) is 18.6. The Morgan fingerprint density at radius 2 is 2.00 bits per heavy atom. The van der Waals surface area contributed by atoms with Crippen molar-refractivity contribution < 1.29 is 5.11 Å². The van der Waals surface area contributed by atoms with Crippen molar-refractivity contribution in [2.75, 3.05) is 0 Å². The fraction of sp³-hybridized carbons (Fsp3) is 0.333. The lowest BCUT2D eigenvalue weighted by atomic mass is 10.1. The van der Waals surface area contributed by atoms with Crippen molar-refractivity contribution in [3.8, 4) is 0 Å². The van der Waals surface area contributed by atoms with Gasteiger partial charge >= 0.3 is 0 Å². The zero-order chi connectivity index (χ0) is 11.7. The predicted molar refractivity (Wildman–Crippen MR) is 62.2 cm³/mol. The van der Waals surface area contributed by atoms with E-state index in [-0.39, 0.29) is 11.5 Å². The maximum atomic E-state index is 11.7. The molecule has 0 saturated heterocycles. The summed E-state index contributed by atoms with van der Waals surface area (Å²) in [7, 11) is 0. The summed E-state index contributed by atoms with van der Waals surface area (Å²) in [6.07, 6.45) is -0.739. The summed E-state index contributed by atoms with van der Waals surface area (Å²) in [5.74, 6) is 0.350.